The van der Waals surface area contributed by atoms with Crippen LogP contribution in [-0.2, 0) is 11.3 Å². The Morgan fingerprint density at radius 1 is 1.60 bits per heavy atom. The molecular formula is C10H13ClN2OS. The van der Waals surface area contributed by atoms with Gasteiger partial charge in [0.05, 0.1) is 10.9 Å². The topological polar surface area (TPSA) is 46.3 Å². The molecule has 15 heavy (non-hydrogen) atoms. The molecule has 1 amide bonds. The lowest BCUT2D eigenvalue weighted by Crippen LogP contribution is -2.25. The van der Waals surface area contributed by atoms with Gasteiger partial charge in [0.2, 0.25) is 5.91 Å². The van der Waals surface area contributed by atoms with Crippen molar-refractivity contribution < 1.29 is 4.79 Å². The van der Waals surface area contributed by atoms with Gasteiger partial charge in [0, 0.05) is 17.8 Å². The smallest absolute Gasteiger partial charge is 0.223 e. The van der Waals surface area contributed by atoms with Crippen molar-refractivity contribution in [1.82, 2.24) is 4.90 Å². The second-order valence-corrected chi connectivity index (χ2v) is 5.59. The van der Waals surface area contributed by atoms with E-state index in [-0.39, 0.29) is 5.91 Å². The molecule has 1 aromatic rings. The highest BCUT2D eigenvalue weighted by molar-refractivity contribution is 7.16. The molecule has 2 heterocycles. The second kappa shape index (κ2) is 4.51. The number of thiophene rings is 1. The summed E-state index contributed by atoms with van der Waals surface area (Å²) in [6.07, 6.45) is 0.593. The Morgan fingerprint density at radius 3 is 2.93 bits per heavy atom. The van der Waals surface area contributed by atoms with Gasteiger partial charge < -0.3 is 10.6 Å². The molecule has 5 heteroatoms. The van der Waals surface area contributed by atoms with Crippen molar-refractivity contribution in [3.8, 4) is 0 Å². The van der Waals surface area contributed by atoms with Crippen molar-refractivity contribution >= 4 is 28.8 Å². The second-order valence-electron chi connectivity index (χ2n) is 3.79. The Morgan fingerprint density at radius 2 is 2.40 bits per heavy atom. The summed E-state index contributed by atoms with van der Waals surface area (Å²) < 4.78 is 0.770. The predicted octanol–water partition coefficient (Wildman–Crippen LogP) is 1.71. The van der Waals surface area contributed by atoms with Gasteiger partial charge in [-0.2, -0.15) is 0 Å². The maximum Gasteiger partial charge on any atom is 0.223 e. The molecule has 0 radical (unpaired) electrons. The van der Waals surface area contributed by atoms with E-state index in [2.05, 4.69) is 0 Å². The summed E-state index contributed by atoms with van der Waals surface area (Å²) in [5.74, 6) is 0.530. The molecule has 3 nitrogen and oxygen atoms in total. The molecule has 2 rings (SSSR count). The molecule has 1 fully saturated rings. The first kappa shape index (κ1) is 10.9. The lowest BCUT2D eigenvalue weighted by Gasteiger charge is -2.14. The van der Waals surface area contributed by atoms with Crippen molar-refractivity contribution in [3.05, 3.63) is 21.3 Å². The normalized spacial score (nSPS) is 21.3. The number of halogens is 1. The van der Waals surface area contributed by atoms with E-state index in [1.54, 1.807) is 0 Å². The summed E-state index contributed by atoms with van der Waals surface area (Å²) in [7, 11) is 0. The van der Waals surface area contributed by atoms with Gasteiger partial charge in [-0.3, -0.25) is 4.79 Å². The molecule has 0 bridgehead atoms. The van der Waals surface area contributed by atoms with Crippen LogP contribution < -0.4 is 5.73 Å². The van der Waals surface area contributed by atoms with Crippen molar-refractivity contribution in [2.24, 2.45) is 11.7 Å². The lowest BCUT2D eigenvalue weighted by atomic mass is 10.1. The van der Waals surface area contributed by atoms with E-state index in [1.165, 1.54) is 11.3 Å². The van der Waals surface area contributed by atoms with Gasteiger partial charge in [0.1, 0.15) is 0 Å². The number of nitrogens with zero attached hydrogens (tertiary/aromatic N) is 1. The highest BCUT2D eigenvalue weighted by Gasteiger charge is 2.28. The first-order valence-corrected chi connectivity index (χ1v) is 6.10. The average molecular weight is 245 g/mol. The molecule has 1 unspecified atom stereocenters. The third kappa shape index (κ3) is 2.51. The van der Waals surface area contributed by atoms with E-state index in [0.717, 1.165) is 15.8 Å². The maximum atomic E-state index is 11.6. The van der Waals surface area contributed by atoms with E-state index < -0.39 is 0 Å². The quantitative estimate of drug-likeness (QED) is 0.880. The van der Waals surface area contributed by atoms with Crippen LogP contribution >= 0.6 is 22.9 Å². The summed E-state index contributed by atoms with van der Waals surface area (Å²) >= 11 is 7.36. The van der Waals surface area contributed by atoms with Crippen LogP contribution in [0.15, 0.2) is 12.1 Å². The number of carbonyl (C=O) groups is 1. The third-order valence-electron chi connectivity index (χ3n) is 2.60. The Hall–Kier alpha value is -0.580. The monoisotopic (exact) mass is 244 g/mol. The van der Waals surface area contributed by atoms with Crippen molar-refractivity contribution in [2.45, 2.75) is 13.0 Å². The lowest BCUT2D eigenvalue weighted by molar-refractivity contribution is -0.128. The molecule has 0 saturated carbocycles. The van der Waals surface area contributed by atoms with Crippen molar-refractivity contribution in [2.75, 3.05) is 13.1 Å². The van der Waals surface area contributed by atoms with Crippen LogP contribution in [0.3, 0.4) is 0 Å². The van der Waals surface area contributed by atoms with Crippen LogP contribution in [0.4, 0.5) is 0 Å². The molecule has 0 aromatic carbocycles. The average Bonchev–Trinajstić information content (AvgIpc) is 2.75. The van der Waals surface area contributed by atoms with Crippen LogP contribution in [0.2, 0.25) is 4.34 Å². The molecule has 1 aliphatic rings. The van der Waals surface area contributed by atoms with Gasteiger partial charge in [0.25, 0.3) is 0 Å². The number of rotatable bonds is 3. The number of likely N-dealkylation sites (tertiary alicyclic amines) is 1. The standard InChI is InChI=1S/C10H13ClN2OS/c11-9-2-1-8(15-9)6-13-5-7(4-12)3-10(13)14/h1-2,7H,3-6,12H2. The number of carbonyl (C=O) groups excluding carboxylic acids is 1. The zero-order valence-electron chi connectivity index (χ0n) is 8.28. The van der Waals surface area contributed by atoms with E-state index in [4.69, 9.17) is 17.3 Å². The van der Waals surface area contributed by atoms with Gasteiger partial charge in [-0.1, -0.05) is 11.6 Å². The summed E-state index contributed by atoms with van der Waals surface area (Å²) in [5.41, 5.74) is 5.56. The molecular weight excluding hydrogens is 232 g/mol. The fraction of sp³-hybridized carbons (Fsp3) is 0.500. The fourth-order valence-corrected chi connectivity index (χ4v) is 2.89. The zero-order valence-corrected chi connectivity index (χ0v) is 9.85. The molecule has 1 aromatic heterocycles. The molecule has 1 saturated heterocycles. The number of nitrogens with two attached hydrogens (primary N) is 1. The Kier molecular flexibility index (Phi) is 3.29. The number of amides is 1. The van der Waals surface area contributed by atoms with Gasteiger partial charge in [0.15, 0.2) is 0 Å². The summed E-state index contributed by atoms with van der Waals surface area (Å²) in [5, 5.41) is 0. The van der Waals surface area contributed by atoms with E-state index in [1.807, 2.05) is 17.0 Å². The fourth-order valence-electron chi connectivity index (χ4n) is 1.79. The molecule has 1 atom stereocenters. The first-order valence-electron chi connectivity index (χ1n) is 4.91. The first-order chi connectivity index (χ1) is 7.19. The van der Waals surface area contributed by atoms with Crippen molar-refractivity contribution in [3.63, 3.8) is 0 Å². The summed E-state index contributed by atoms with van der Waals surface area (Å²) in [6, 6.07) is 3.83. The summed E-state index contributed by atoms with van der Waals surface area (Å²) in [6.45, 7) is 2.05. The van der Waals surface area contributed by atoms with E-state index >= 15 is 0 Å². The molecule has 0 aliphatic carbocycles. The Balaban J connectivity index is 1.98. The molecule has 82 valence electrons. The minimum atomic E-state index is 0.204. The van der Waals surface area contributed by atoms with Crippen LogP contribution in [0.5, 0.6) is 0 Å². The predicted molar refractivity (Wildman–Crippen MR) is 61.9 cm³/mol. The van der Waals surface area contributed by atoms with Crippen molar-refractivity contribution in [1.29, 1.82) is 0 Å². The largest absolute Gasteiger partial charge is 0.337 e. The van der Waals surface area contributed by atoms with Gasteiger partial charge in [-0.15, -0.1) is 11.3 Å². The van der Waals surface area contributed by atoms with Gasteiger partial charge in [-0.05, 0) is 24.6 Å². The highest BCUT2D eigenvalue weighted by atomic mass is 35.5. The SMILES string of the molecule is NCC1CC(=O)N(Cc2ccc(Cl)s2)C1. The van der Waals surface area contributed by atoms with Crippen LogP contribution in [0.1, 0.15) is 11.3 Å². The van der Waals surface area contributed by atoms with Crippen LogP contribution in [-0.4, -0.2) is 23.9 Å². The van der Waals surface area contributed by atoms with Gasteiger partial charge >= 0.3 is 0 Å². The third-order valence-corrected chi connectivity index (χ3v) is 3.82. The Bertz CT molecular complexity index is 366. The van der Waals surface area contributed by atoms with E-state index in [0.29, 0.717) is 25.4 Å². The minimum absolute atomic E-state index is 0.204. The molecule has 2 N–H and O–H groups in total. The number of hydrogen-bond acceptors (Lipinski definition) is 3. The Labute approximate surface area is 97.8 Å². The maximum absolute atomic E-state index is 11.6. The van der Waals surface area contributed by atoms with E-state index in [9.17, 15) is 4.79 Å². The van der Waals surface area contributed by atoms with Gasteiger partial charge in [-0.25, -0.2) is 0 Å². The molecule has 1 aliphatic heterocycles. The summed E-state index contributed by atoms with van der Waals surface area (Å²) in [4.78, 5) is 14.6. The van der Waals surface area contributed by atoms with Crippen LogP contribution in [0, 0.1) is 5.92 Å². The minimum Gasteiger partial charge on any atom is -0.337 e. The molecule has 0 spiro atoms. The van der Waals surface area contributed by atoms with Crippen LogP contribution in [0.25, 0.3) is 0 Å². The number of hydrogen-bond donors (Lipinski definition) is 1. The highest BCUT2D eigenvalue weighted by Crippen LogP contribution is 2.25. The zero-order chi connectivity index (χ0) is 10.8.